The summed E-state index contributed by atoms with van der Waals surface area (Å²) in [5.41, 5.74) is 1.88. The Morgan fingerprint density at radius 3 is 2.53 bits per heavy atom. The summed E-state index contributed by atoms with van der Waals surface area (Å²) in [6.07, 6.45) is 0. The Balaban J connectivity index is 1.48. The second-order valence-electron chi connectivity index (χ2n) is 7.18. The van der Waals surface area contributed by atoms with Gasteiger partial charge in [-0.3, -0.25) is 9.59 Å². The largest absolute Gasteiger partial charge is 0.489 e. The predicted molar refractivity (Wildman–Crippen MR) is 116 cm³/mol. The summed E-state index contributed by atoms with van der Waals surface area (Å²) in [6, 6.07) is 16.7. The first-order chi connectivity index (χ1) is 14.7. The highest BCUT2D eigenvalue weighted by Crippen LogP contribution is 2.29. The van der Waals surface area contributed by atoms with E-state index in [1.165, 1.54) is 6.07 Å². The minimum atomic E-state index is -0.266. The maximum Gasteiger partial charge on any atom is 0.254 e. The summed E-state index contributed by atoms with van der Waals surface area (Å²) < 4.78 is 10.9. The summed E-state index contributed by atoms with van der Waals surface area (Å²) in [6.45, 7) is 3.55. The highest BCUT2D eigenvalue weighted by atomic mass is 16.5. The van der Waals surface area contributed by atoms with Gasteiger partial charge in [0.05, 0.1) is 17.9 Å². The molecule has 0 unspecified atom stereocenters. The van der Waals surface area contributed by atoms with Crippen LogP contribution in [0.2, 0.25) is 0 Å². The molecule has 7 nitrogen and oxygen atoms in total. The fraction of sp³-hybridized carbons (Fsp3) is 0.304. The van der Waals surface area contributed by atoms with Crippen LogP contribution in [-0.4, -0.2) is 62.3 Å². The molecule has 1 aliphatic heterocycles. The van der Waals surface area contributed by atoms with E-state index in [2.05, 4.69) is 9.88 Å². The van der Waals surface area contributed by atoms with Crippen molar-refractivity contribution in [2.24, 2.45) is 0 Å². The molecule has 1 N–H and O–H groups in total. The number of carbonyl (C=O) groups excluding carboxylic acids is 1. The van der Waals surface area contributed by atoms with E-state index in [1.807, 2.05) is 53.4 Å². The number of benzene rings is 2. The number of piperazine rings is 1. The first-order valence-electron chi connectivity index (χ1n) is 10.0. The molecule has 1 fully saturated rings. The van der Waals surface area contributed by atoms with Crippen molar-refractivity contribution >= 4 is 22.5 Å². The number of H-pyrrole nitrogens is 1. The molecule has 7 heteroatoms. The van der Waals surface area contributed by atoms with Crippen molar-refractivity contribution in [1.82, 2.24) is 9.88 Å². The molecule has 4 rings (SSSR count). The molecule has 30 heavy (non-hydrogen) atoms. The number of methoxy groups -OCH3 is 1. The van der Waals surface area contributed by atoms with Crippen molar-refractivity contribution in [3.63, 3.8) is 0 Å². The number of nitrogens with zero attached hydrogens (tertiary/aromatic N) is 2. The van der Waals surface area contributed by atoms with Crippen LogP contribution in [0, 0.1) is 0 Å². The van der Waals surface area contributed by atoms with Gasteiger partial charge >= 0.3 is 0 Å². The van der Waals surface area contributed by atoms with E-state index in [0.717, 1.165) is 16.8 Å². The molecule has 0 bridgehead atoms. The van der Waals surface area contributed by atoms with E-state index in [0.29, 0.717) is 50.5 Å². The van der Waals surface area contributed by atoms with Gasteiger partial charge in [-0.1, -0.05) is 30.3 Å². The number of carbonyl (C=O) groups is 1. The standard InChI is InChI=1S/C23H25N3O4/c1-29-14-15-30-21-9-5-4-8-20(21)25-10-12-26(13-11-25)23(28)18-16-22(27)24-19-7-3-2-6-17(18)19/h2-9,16H,10-15H2,1H3,(H,24,27). The van der Waals surface area contributed by atoms with E-state index >= 15 is 0 Å². The Hall–Kier alpha value is -3.32. The molecule has 156 valence electrons. The number of para-hydroxylation sites is 3. The van der Waals surface area contributed by atoms with Gasteiger partial charge in [0.1, 0.15) is 12.4 Å². The van der Waals surface area contributed by atoms with Crippen molar-refractivity contribution in [2.45, 2.75) is 0 Å². The van der Waals surface area contributed by atoms with Crippen LogP contribution in [0.1, 0.15) is 10.4 Å². The van der Waals surface area contributed by atoms with Crippen LogP contribution < -0.4 is 15.2 Å². The van der Waals surface area contributed by atoms with Crippen molar-refractivity contribution in [3.05, 3.63) is 70.5 Å². The normalized spacial score (nSPS) is 14.2. The number of aromatic nitrogens is 1. The second kappa shape index (κ2) is 9.00. The summed E-state index contributed by atoms with van der Waals surface area (Å²) in [5.74, 6) is 0.705. The van der Waals surface area contributed by atoms with Gasteiger partial charge in [0.2, 0.25) is 5.56 Å². The molecule has 1 aliphatic rings. The second-order valence-corrected chi connectivity index (χ2v) is 7.18. The smallest absolute Gasteiger partial charge is 0.254 e. The minimum Gasteiger partial charge on any atom is -0.489 e. The number of hydrogen-bond acceptors (Lipinski definition) is 5. The highest BCUT2D eigenvalue weighted by Gasteiger charge is 2.25. The lowest BCUT2D eigenvalue weighted by Crippen LogP contribution is -2.49. The average Bonchev–Trinajstić information content (AvgIpc) is 2.78. The van der Waals surface area contributed by atoms with Gasteiger partial charge < -0.3 is 24.3 Å². The third-order valence-electron chi connectivity index (χ3n) is 5.30. The first kappa shape index (κ1) is 20.0. The zero-order valence-corrected chi connectivity index (χ0v) is 17.0. The van der Waals surface area contributed by atoms with Gasteiger partial charge in [-0.05, 0) is 18.2 Å². The van der Waals surface area contributed by atoms with Crippen LogP contribution >= 0.6 is 0 Å². The Kier molecular flexibility index (Phi) is 5.99. The molecule has 2 heterocycles. The van der Waals surface area contributed by atoms with Crippen LogP contribution in [0.5, 0.6) is 5.75 Å². The van der Waals surface area contributed by atoms with Gasteiger partial charge in [-0.2, -0.15) is 0 Å². The summed E-state index contributed by atoms with van der Waals surface area (Å²) in [7, 11) is 1.65. The SMILES string of the molecule is COCCOc1ccccc1N1CCN(C(=O)c2cc(=O)[nH]c3ccccc23)CC1. The van der Waals surface area contributed by atoms with Crippen LogP contribution in [-0.2, 0) is 4.74 Å². The van der Waals surface area contributed by atoms with Gasteiger partial charge in [0.25, 0.3) is 5.91 Å². The molecule has 1 aromatic heterocycles. The van der Waals surface area contributed by atoms with E-state index < -0.39 is 0 Å². The molecule has 2 aromatic carbocycles. The number of amides is 1. The average molecular weight is 407 g/mol. The van der Waals surface area contributed by atoms with Crippen LogP contribution in [0.4, 0.5) is 5.69 Å². The van der Waals surface area contributed by atoms with E-state index in [4.69, 9.17) is 9.47 Å². The first-order valence-corrected chi connectivity index (χ1v) is 10.0. The van der Waals surface area contributed by atoms with Gasteiger partial charge in [0.15, 0.2) is 0 Å². The van der Waals surface area contributed by atoms with Gasteiger partial charge in [0, 0.05) is 50.3 Å². The number of nitrogens with one attached hydrogen (secondary N) is 1. The van der Waals surface area contributed by atoms with Crippen molar-refractivity contribution in [2.75, 3.05) is 51.4 Å². The fourth-order valence-electron chi connectivity index (χ4n) is 3.78. The molecule has 0 aliphatic carbocycles. The van der Waals surface area contributed by atoms with Crippen LogP contribution in [0.25, 0.3) is 10.9 Å². The molecular weight excluding hydrogens is 382 g/mol. The number of hydrogen-bond donors (Lipinski definition) is 1. The van der Waals surface area contributed by atoms with Crippen molar-refractivity contribution < 1.29 is 14.3 Å². The lowest BCUT2D eigenvalue weighted by atomic mass is 10.1. The van der Waals surface area contributed by atoms with E-state index in [1.54, 1.807) is 7.11 Å². The molecule has 0 spiro atoms. The maximum absolute atomic E-state index is 13.2. The summed E-state index contributed by atoms with van der Waals surface area (Å²) in [5, 5.41) is 0.765. The molecule has 0 atom stereocenters. The maximum atomic E-state index is 13.2. The Morgan fingerprint density at radius 2 is 1.73 bits per heavy atom. The molecule has 3 aromatic rings. The predicted octanol–water partition coefficient (Wildman–Crippen LogP) is 2.52. The zero-order chi connectivity index (χ0) is 20.9. The summed E-state index contributed by atoms with van der Waals surface area (Å²) >= 11 is 0. The lowest BCUT2D eigenvalue weighted by molar-refractivity contribution is 0.0748. The van der Waals surface area contributed by atoms with Gasteiger partial charge in [-0.25, -0.2) is 0 Å². The fourth-order valence-corrected chi connectivity index (χ4v) is 3.78. The molecule has 0 saturated carbocycles. The van der Waals surface area contributed by atoms with Gasteiger partial charge in [-0.15, -0.1) is 0 Å². The Morgan fingerprint density at radius 1 is 1.00 bits per heavy atom. The molecule has 1 saturated heterocycles. The minimum absolute atomic E-state index is 0.110. The topological polar surface area (TPSA) is 74.9 Å². The molecule has 1 amide bonds. The lowest BCUT2D eigenvalue weighted by Gasteiger charge is -2.36. The number of pyridine rings is 1. The molecular formula is C23H25N3O4. The number of ether oxygens (including phenoxy) is 2. The molecule has 0 radical (unpaired) electrons. The number of rotatable bonds is 6. The Labute approximate surface area is 174 Å². The van der Waals surface area contributed by atoms with Crippen molar-refractivity contribution in [3.8, 4) is 5.75 Å². The van der Waals surface area contributed by atoms with Crippen LogP contribution in [0.15, 0.2) is 59.4 Å². The van der Waals surface area contributed by atoms with Crippen LogP contribution in [0.3, 0.4) is 0 Å². The third kappa shape index (κ3) is 4.16. The van der Waals surface area contributed by atoms with E-state index in [-0.39, 0.29) is 11.5 Å². The van der Waals surface area contributed by atoms with Crippen molar-refractivity contribution in [1.29, 1.82) is 0 Å². The summed E-state index contributed by atoms with van der Waals surface area (Å²) in [4.78, 5) is 32.0. The van der Waals surface area contributed by atoms with E-state index in [9.17, 15) is 9.59 Å². The quantitative estimate of drug-likeness (QED) is 0.636. The zero-order valence-electron chi connectivity index (χ0n) is 17.0. The number of fused-ring (bicyclic) bond motifs is 1. The number of anilines is 1. The number of aromatic amines is 1. The third-order valence-corrected chi connectivity index (χ3v) is 5.30. The highest BCUT2D eigenvalue weighted by molar-refractivity contribution is 6.06. The Bertz CT molecular complexity index is 1090. The monoisotopic (exact) mass is 407 g/mol.